The molecule has 0 aliphatic rings. The number of ether oxygens (including phenoxy) is 1. The second-order valence-corrected chi connectivity index (χ2v) is 6.68. The van der Waals surface area contributed by atoms with Crippen molar-refractivity contribution in [3.05, 3.63) is 81.4 Å². The van der Waals surface area contributed by atoms with Crippen molar-refractivity contribution in [2.75, 3.05) is 11.9 Å². The van der Waals surface area contributed by atoms with Crippen molar-refractivity contribution < 1.29 is 19.2 Å². The van der Waals surface area contributed by atoms with Gasteiger partial charge < -0.3 is 10.1 Å². The summed E-state index contributed by atoms with van der Waals surface area (Å²) in [5.74, 6) is -1.18. The number of rotatable bonds is 6. The van der Waals surface area contributed by atoms with Crippen LogP contribution in [0.15, 0.2) is 54.6 Å². The normalized spacial score (nSPS) is 10.6. The van der Waals surface area contributed by atoms with E-state index in [2.05, 4.69) is 5.32 Å². The van der Waals surface area contributed by atoms with Gasteiger partial charge in [0.25, 0.3) is 11.6 Å². The van der Waals surface area contributed by atoms with E-state index < -0.39 is 23.4 Å². The van der Waals surface area contributed by atoms with Gasteiger partial charge in [-0.3, -0.25) is 19.7 Å². The van der Waals surface area contributed by atoms with Crippen molar-refractivity contribution >= 4 is 34.0 Å². The molecule has 3 rings (SSSR count). The molecule has 29 heavy (non-hydrogen) atoms. The summed E-state index contributed by atoms with van der Waals surface area (Å²) in [5, 5.41) is 15.7. The number of amides is 1. The van der Waals surface area contributed by atoms with E-state index in [9.17, 15) is 19.7 Å². The molecule has 0 unspecified atom stereocenters. The lowest BCUT2D eigenvalue weighted by molar-refractivity contribution is -0.384. The van der Waals surface area contributed by atoms with Gasteiger partial charge >= 0.3 is 5.97 Å². The Morgan fingerprint density at radius 2 is 1.76 bits per heavy atom. The van der Waals surface area contributed by atoms with Gasteiger partial charge in [0.1, 0.15) is 5.69 Å². The van der Waals surface area contributed by atoms with Gasteiger partial charge in [-0.2, -0.15) is 0 Å². The Kier molecular flexibility index (Phi) is 5.87. The summed E-state index contributed by atoms with van der Waals surface area (Å²) in [5.41, 5.74) is 2.11. The van der Waals surface area contributed by atoms with E-state index in [0.29, 0.717) is 5.56 Å². The maximum atomic E-state index is 12.2. The van der Waals surface area contributed by atoms with Gasteiger partial charge in [0, 0.05) is 6.07 Å². The first-order valence-electron chi connectivity index (χ1n) is 9.03. The van der Waals surface area contributed by atoms with E-state index in [1.165, 1.54) is 6.07 Å². The number of aryl methyl sites for hydroxylation is 1. The molecule has 0 atom stereocenters. The van der Waals surface area contributed by atoms with Crippen LogP contribution in [0, 0.1) is 24.0 Å². The third-order valence-electron chi connectivity index (χ3n) is 4.75. The molecule has 0 aliphatic heterocycles. The van der Waals surface area contributed by atoms with E-state index >= 15 is 0 Å². The van der Waals surface area contributed by atoms with Crippen molar-refractivity contribution in [2.24, 2.45) is 0 Å². The molecule has 0 saturated heterocycles. The zero-order chi connectivity index (χ0) is 21.0. The van der Waals surface area contributed by atoms with E-state index in [-0.39, 0.29) is 17.8 Å². The summed E-state index contributed by atoms with van der Waals surface area (Å²) < 4.78 is 5.08. The Labute approximate surface area is 167 Å². The number of benzene rings is 3. The SMILES string of the molecule is Cc1ccc([N+](=O)[O-])c(NC(=O)COC(=O)Cc2cccc3ccccc23)c1C. The minimum atomic E-state index is -0.631. The quantitative estimate of drug-likeness (QED) is 0.387. The van der Waals surface area contributed by atoms with Crippen molar-refractivity contribution in [2.45, 2.75) is 20.3 Å². The average Bonchev–Trinajstić information content (AvgIpc) is 2.70. The van der Waals surface area contributed by atoms with Crippen LogP contribution in [-0.4, -0.2) is 23.4 Å². The first kappa shape index (κ1) is 20.0. The minimum Gasteiger partial charge on any atom is -0.455 e. The lowest BCUT2D eigenvalue weighted by Gasteiger charge is -2.11. The molecule has 1 amide bonds. The number of nitro groups is 1. The molecule has 7 nitrogen and oxygen atoms in total. The van der Waals surface area contributed by atoms with Crippen LogP contribution in [0.5, 0.6) is 0 Å². The molecule has 0 saturated carbocycles. The van der Waals surface area contributed by atoms with Crippen molar-refractivity contribution in [3.8, 4) is 0 Å². The van der Waals surface area contributed by atoms with Gasteiger partial charge in [-0.25, -0.2) is 0 Å². The Balaban J connectivity index is 1.65. The number of hydrogen-bond acceptors (Lipinski definition) is 5. The topological polar surface area (TPSA) is 98.5 Å². The molecular weight excluding hydrogens is 372 g/mol. The predicted octanol–water partition coefficient (Wildman–Crippen LogP) is 4.09. The maximum absolute atomic E-state index is 12.2. The number of esters is 1. The third kappa shape index (κ3) is 4.57. The highest BCUT2D eigenvalue weighted by Gasteiger charge is 2.20. The Hall–Kier alpha value is -3.74. The second-order valence-electron chi connectivity index (χ2n) is 6.68. The van der Waals surface area contributed by atoms with Crippen LogP contribution in [0.25, 0.3) is 10.8 Å². The summed E-state index contributed by atoms with van der Waals surface area (Å²) in [7, 11) is 0. The third-order valence-corrected chi connectivity index (χ3v) is 4.75. The molecule has 0 spiro atoms. The number of fused-ring (bicyclic) bond motifs is 1. The summed E-state index contributed by atoms with van der Waals surface area (Å²) in [4.78, 5) is 35.1. The largest absolute Gasteiger partial charge is 0.455 e. The van der Waals surface area contributed by atoms with Crippen LogP contribution in [0.4, 0.5) is 11.4 Å². The number of anilines is 1. The van der Waals surface area contributed by atoms with Crippen LogP contribution in [-0.2, 0) is 20.7 Å². The fraction of sp³-hybridized carbons (Fsp3) is 0.182. The average molecular weight is 392 g/mol. The summed E-state index contributed by atoms with van der Waals surface area (Å²) in [6.07, 6.45) is 0.0260. The zero-order valence-corrected chi connectivity index (χ0v) is 16.1. The fourth-order valence-corrected chi connectivity index (χ4v) is 3.09. The summed E-state index contributed by atoms with van der Waals surface area (Å²) >= 11 is 0. The zero-order valence-electron chi connectivity index (χ0n) is 16.1. The van der Waals surface area contributed by atoms with E-state index in [1.807, 2.05) is 42.5 Å². The highest BCUT2D eigenvalue weighted by Crippen LogP contribution is 2.30. The number of nitrogens with zero attached hydrogens (tertiary/aromatic N) is 1. The van der Waals surface area contributed by atoms with Crippen molar-refractivity contribution in [1.82, 2.24) is 0 Å². The smallest absolute Gasteiger partial charge is 0.310 e. The van der Waals surface area contributed by atoms with Gasteiger partial charge in [-0.05, 0) is 41.3 Å². The fourth-order valence-electron chi connectivity index (χ4n) is 3.09. The molecule has 3 aromatic carbocycles. The molecule has 0 fully saturated rings. The first-order chi connectivity index (χ1) is 13.9. The number of nitrogens with one attached hydrogen (secondary N) is 1. The Morgan fingerprint density at radius 3 is 2.52 bits per heavy atom. The Morgan fingerprint density at radius 1 is 1.03 bits per heavy atom. The molecule has 0 aliphatic carbocycles. The molecule has 7 heteroatoms. The molecular formula is C22H20N2O5. The lowest BCUT2D eigenvalue weighted by Crippen LogP contribution is -2.22. The van der Waals surface area contributed by atoms with Gasteiger partial charge in [-0.15, -0.1) is 0 Å². The number of hydrogen-bond donors (Lipinski definition) is 1. The number of nitro benzene ring substituents is 1. The highest BCUT2D eigenvalue weighted by molar-refractivity contribution is 5.96. The van der Waals surface area contributed by atoms with Crippen LogP contribution >= 0.6 is 0 Å². The van der Waals surface area contributed by atoms with Gasteiger partial charge in [0.05, 0.1) is 11.3 Å². The van der Waals surface area contributed by atoms with Gasteiger partial charge in [-0.1, -0.05) is 48.5 Å². The van der Waals surface area contributed by atoms with Crippen LogP contribution in [0.2, 0.25) is 0 Å². The second kappa shape index (κ2) is 8.52. The maximum Gasteiger partial charge on any atom is 0.310 e. The molecule has 148 valence electrons. The summed E-state index contributed by atoms with van der Waals surface area (Å²) in [6.45, 7) is 2.96. The van der Waals surface area contributed by atoms with Gasteiger partial charge in [0.15, 0.2) is 6.61 Å². The Bertz CT molecular complexity index is 1100. The standard InChI is InChI=1S/C22H20N2O5/c1-14-10-11-19(24(27)28)22(15(14)2)23-20(25)13-29-21(26)12-17-8-5-7-16-6-3-4-9-18(16)17/h3-11H,12-13H2,1-2H3,(H,23,25). The van der Waals surface area contributed by atoms with E-state index in [0.717, 1.165) is 21.9 Å². The van der Waals surface area contributed by atoms with Crippen molar-refractivity contribution in [3.63, 3.8) is 0 Å². The molecule has 0 heterocycles. The van der Waals surface area contributed by atoms with Crippen LogP contribution in [0.1, 0.15) is 16.7 Å². The minimum absolute atomic E-state index is 0.0260. The number of carbonyl (C=O) groups is 2. The molecule has 3 aromatic rings. The summed E-state index contributed by atoms with van der Waals surface area (Å²) in [6, 6.07) is 16.3. The molecule has 0 bridgehead atoms. The molecule has 0 radical (unpaired) electrons. The molecule has 0 aromatic heterocycles. The predicted molar refractivity (Wildman–Crippen MR) is 110 cm³/mol. The molecule has 1 N–H and O–H groups in total. The lowest BCUT2D eigenvalue weighted by atomic mass is 10.0. The van der Waals surface area contributed by atoms with Gasteiger partial charge in [0.2, 0.25) is 0 Å². The number of carbonyl (C=O) groups excluding carboxylic acids is 2. The monoisotopic (exact) mass is 392 g/mol. The van der Waals surface area contributed by atoms with Crippen LogP contribution < -0.4 is 5.32 Å². The highest BCUT2D eigenvalue weighted by atomic mass is 16.6. The van der Waals surface area contributed by atoms with E-state index in [4.69, 9.17) is 4.74 Å². The van der Waals surface area contributed by atoms with Crippen molar-refractivity contribution in [1.29, 1.82) is 0 Å². The van der Waals surface area contributed by atoms with Crippen LogP contribution in [0.3, 0.4) is 0 Å². The van der Waals surface area contributed by atoms with E-state index in [1.54, 1.807) is 19.9 Å². The first-order valence-corrected chi connectivity index (χ1v) is 9.03.